The van der Waals surface area contributed by atoms with Crippen LogP contribution in [0.15, 0.2) is 48.5 Å². The molecule has 3 aromatic rings. The van der Waals surface area contributed by atoms with E-state index in [1.54, 1.807) is 36.7 Å². The molecule has 0 N–H and O–H groups in total. The average molecular weight is 425 g/mol. The number of ether oxygens (including phenoxy) is 4. The molecule has 0 spiro atoms. The molecule has 0 saturated heterocycles. The van der Waals surface area contributed by atoms with E-state index in [-0.39, 0.29) is 5.78 Å². The molecule has 0 aliphatic heterocycles. The molecule has 156 valence electrons. The number of methoxy groups -OCH3 is 4. The molecule has 3 rings (SSSR count). The molecule has 0 unspecified atom stereocenters. The topological polar surface area (TPSA) is 54.0 Å². The molecule has 0 fully saturated rings. The molecule has 1 aromatic heterocycles. The van der Waals surface area contributed by atoms with Crippen molar-refractivity contribution in [2.24, 2.45) is 0 Å². The summed E-state index contributed by atoms with van der Waals surface area (Å²) in [5, 5.41) is 0. The van der Waals surface area contributed by atoms with Crippen LogP contribution in [0.3, 0.4) is 0 Å². The molecular formula is C24H24O5S. The summed E-state index contributed by atoms with van der Waals surface area (Å²) in [6, 6.07) is 13.4. The van der Waals surface area contributed by atoms with Crippen molar-refractivity contribution in [2.75, 3.05) is 28.4 Å². The molecule has 5 nitrogen and oxygen atoms in total. The number of thiophene rings is 1. The van der Waals surface area contributed by atoms with Crippen LogP contribution in [0.2, 0.25) is 0 Å². The Kier molecular flexibility index (Phi) is 6.79. The highest BCUT2D eigenvalue weighted by Crippen LogP contribution is 2.38. The van der Waals surface area contributed by atoms with Gasteiger partial charge in [-0.25, -0.2) is 0 Å². The highest BCUT2D eigenvalue weighted by Gasteiger charge is 2.16. The van der Waals surface area contributed by atoms with Crippen LogP contribution in [-0.4, -0.2) is 34.2 Å². The number of benzene rings is 2. The zero-order valence-corrected chi connectivity index (χ0v) is 18.5. The molecule has 0 atom stereocenters. The van der Waals surface area contributed by atoms with E-state index in [2.05, 4.69) is 19.1 Å². The SMILES string of the molecule is COc1ccc(-c2ccc(C)s2)cc1/C=C/C(=O)c1cc(OC)c(OC)c(OC)c1. The number of carbonyl (C=O) groups is 1. The molecular weight excluding hydrogens is 400 g/mol. The summed E-state index contributed by atoms with van der Waals surface area (Å²) in [6.45, 7) is 2.08. The van der Waals surface area contributed by atoms with E-state index < -0.39 is 0 Å². The lowest BCUT2D eigenvalue weighted by Gasteiger charge is -2.13. The number of allylic oxidation sites excluding steroid dienone is 1. The predicted octanol–water partition coefficient (Wildman–Crippen LogP) is 5.65. The van der Waals surface area contributed by atoms with Gasteiger partial charge in [-0.05, 0) is 67.1 Å². The molecule has 0 saturated carbocycles. The van der Waals surface area contributed by atoms with Crippen LogP contribution in [0, 0.1) is 6.92 Å². The van der Waals surface area contributed by atoms with Crippen molar-refractivity contribution in [3.63, 3.8) is 0 Å². The van der Waals surface area contributed by atoms with Crippen molar-refractivity contribution in [1.29, 1.82) is 0 Å². The molecule has 0 aliphatic rings. The molecule has 30 heavy (non-hydrogen) atoms. The van der Waals surface area contributed by atoms with Crippen LogP contribution in [0.25, 0.3) is 16.5 Å². The maximum Gasteiger partial charge on any atom is 0.203 e. The minimum absolute atomic E-state index is 0.186. The molecule has 2 aromatic carbocycles. The van der Waals surface area contributed by atoms with Crippen LogP contribution in [0.4, 0.5) is 0 Å². The lowest BCUT2D eigenvalue weighted by atomic mass is 10.0. The first kappa shape index (κ1) is 21.5. The first-order valence-electron chi connectivity index (χ1n) is 9.28. The standard InChI is InChI=1S/C24H24O5S/c1-15-6-11-23(30-15)17-8-10-20(26-2)16(12-17)7-9-19(25)18-13-21(27-3)24(29-5)22(14-18)28-4/h6-14H,1-5H3/b9-7+. The van der Waals surface area contributed by atoms with E-state index in [0.717, 1.165) is 11.1 Å². The second-order valence-electron chi connectivity index (χ2n) is 6.48. The molecule has 6 heteroatoms. The van der Waals surface area contributed by atoms with E-state index in [9.17, 15) is 4.79 Å². The maximum atomic E-state index is 12.8. The van der Waals surface area contributed by atoms with Crippen molar-refractivity contribution >= 4 is 23.2 Å². The van der Waals surface area contributed by atoms with E-state index in [4.69, 9.17) is 18.9 Å². The van der Waals surface area contributed by atoms with E-state index in [1.165, 1.54) is 37.2 Å². The number of rotatable bonds is 8. The Morgan fingerprint density at radius 2 is 1.50 bits per heavy atom. The second-order valence-corrected chi connectivity index (χ2v) is 7.77. The summed E-state index contributed by atoms with van der Waals surface area (Å²) in [5.41, 5.74) is 2.33. The molecule has 0 amide bonds. The van der Waals surface area contributed by atoms with Gasteiger partial charge in [0.05, 0.1) is 28.4 Å². The fourth-order valence-electron chi connectivity index (χ4n) is 3.09. The average Bonchev–Trinajstić information content (AvgIpc) is 3.22. The van der Waals surface area contributed by atoms with Crippen LogP contribution >= 0.6 is 11.3 Å². The van der Waals surface area contributed by atoms with Gasteiger partial charge in [-0.2, -0.15) is 0 Å². The fraction of sp³-hybridized carbons (Fsp3) is 0.208. The van der Waals surface area contributed by atoms with Crippen LogP contribution in [0.1, 0.15) is 20.8 Å². The van der Waals surface area contributed by atoms with E-state index in [1.807, 2.05) is 18.2 Å². The largest absolute Gasteiger partial charge is 0.496 e. The van der Waals surface area contributed by atoms with Gasteiger partial charge in [0.1, 0.15) is 5.75 Å². The Morgan fingerprint density at radius 1 is 0.833 bits per heavy atom. The number of hydrogen-bond donors (Lipinski definition) is 0. The summed E-state index contributed by atoms with van der Waals surface area (Å²) in [4.78, 5) is 15.2. The molecule has 0 bridgehead atoms. The van der Waals surface area contributed by atoms with Crippen molar-refractivity contribution in [3.8, 4) is 33.4 Å². The van der Waals surface area contributed by atoms with Gasteiger partial charge in [0.25, 0.3) is 0 Å². The number of hydrogen-bond acceptors (Lipinski definition) is 6. The summed E-state index contributed by atoms with van der Waals surface area (Å²) in [5.74, 6) is 1.82. The minimum Gasteiger partial charge on any atom is -0.496 e. The fourth-order valence-corrected chi connectivity index (χ4v) is 3.96. The number of aryl methyl sites for hydroxylation is 1. The first-order chi connectivity index (χ1) is 14.5. The van der Waals surface area contributed by atoms with Crippen LogP contribution < -0.4 is 18.9 Å². The van der Waals surface area contributed by atoms with Crippen molar-refractivity contribution in [3.05, 3.63) is 64.5 Å². The first-order valence-corrected chi connectivity index (χ1v) is 10.1. The smallest absolute Gasteiger partial charge is 0.203 e. The Balaban J connectivity index is 1.94. The highest BCUT2D eigenvalue weighted by molar-refractivity contribution is 7.15. The quantitative estimate of drug-likeness (QED) is 0.345. The Bertz CT molecular complexity index is 1060. The Hall–Kier alpha value is -3.25. The molecule has 0 radical (unpaired) electrons. The van der Waals surface area contributed by atoms with Gasteiger partial charge >= 0.3 is 0 Å². The van der Waals surface area contributed by atoms with Crippen molar-refractivity contribution in [2.45, 2.75) is 6.92 Å². The van der Waals surface area contributed by atoms with Crippen molar-refractivity contribution < 1.29 is 23.7 Å². The Labute approximate surface area is 180 Å². The Morgan fingerprint density at radius 3 is 2.03 bits per heavy atom. The minimum atomic E-state index is -0.186. The summed E-state index contributed by atoms with van der Waals surface area (Å²) in [6.07, 6.45) is 3.27. The van der Waals surface area contributed by atoms with Crippen LogP contribution in [-0.2, 0) is 0 Å². The van der Waals surface area contributed by atoms with Gasteiger partial charge in [0.2, 0.25) is 5.75 Å². The van der Waals surface area contributed by atoms with Gasteiger partial charge in [0, 0.05) is 20.9 Å². The lowest BCUT2D eigenvalue weighted by Crippen LogP contribution is -2.00. The normalized spacial score (nSPS) is 10.8. The third-order valence-corrected chi connectivity index (χ3v) is 5.67. The number of carbonyl (C=O) groups excluding carboxylic acids is 1. The molecule has 1 heterocycles. The summed E-state index contributed by atoms with van der Waals surface area (Å²) >= 11 is 1.72. The van der Waals surface area contributed by atoms with Crippen LogP contribution in [0.5, 0.6) is 23.0 Å². The lowest BCUT2D eigenvalue weighted by molar-refractivity contribution is 0.104. The summed E-state index contributed by atoms with van der Waals surface area (Å²) < 4.78 is 21.5. The predicted molar refractivity (Wildman–Crippen MR) is 121 cm³/mol. The van der Waals surface area contributed by atoms with Gasteiger partial charge < -0.3 is 18.9 Å². The van der Waals surface area contributed by atoms with Gasteiger partial charge in [-0.1, -0.05) is 0 Å². The number of ketones is 1. The van der Waals surface area contributed by atoms with E-state index in [0.29, 0.717) is 28.6 Å². The molecule has 0 aliphatic carbocycles. The van der Waals surface area contributed by atoms with E-state index >= 15 is 0 Å². The third kappa shape index (κ3) is 4.49. The third-order valence-electron chi connectivity index (χ3n) is 4.62. The van der Waals surface area contributed by atoms with Gasteiger partial charge in [-0.3, -0.25) is 4.79 Å². The maximum absolute atomic E-state index is 12.8. The van der Waals surface area contributed by atoms with Gasteiger partial charge in [-0.15, -0.1) is 11.3 Å². The zero-order chi connectivity index (χ0) is 21.7. The van der Waals surface area contributed by atoms with Crippen molar-refractivity contribution in [1.82, 2.24) is 0 Å². The zero-order valence-electron chi connectivity index (χ0n) is 17.6. The monoisotopic (exact) mass is 424 g/mol. The second kappa shape index (κ2) is 9.50. The summed E-state index contributed by atoms with van der Waals surface area (Å²) in [7, 11) is 6.17. The highest BCUT2D eigenvalue weighted by atomic mass is 32.1. The van der Waals surface area contributed by atoms with Gasteiger partial charge in [0.15, 0.2) is 17.3 Å².